The lowest BCUT2D eigenvalue weighted by molar-refractivity contribution is -0.116. The fraction of sp³-hybridized carbons (Fsp3) is 0.304. The summed E-state index contributed by atoms with van der Waals surface area (Å²) < 4.78 is 1.95. The van der Waals surface area contributed by atoms with Crippen LogP contribution in [-0.4, -0.2) is 32.3 Å². The van der Waals surface area contributed by atoms with Crippen molar-refractivity contribution < 1.29 is 9.59 Å². The first-order valence-corrected chi connectivity index (χ1v) is 11.2. The fourth-order valence-corrected chi connectivity index (χ4v) is 3.87. The molecule has 0 radical (unpaired) electrons. The molecule has 1 heterocycles. The quantitative estimate of drug-likeness (QED) is 0.490. The van der Waals surface area contributed by atoms with E-state index in [2.05, 4.69) is 20.8 Å². The van der Waals surface area contributed by atoms with E-state index in [0.29, 0.717) is 24.5 Å². The maximum atomic E-state index is 12.3. The van der Waals surface area contributed by atoms with Gasteiger partial charge in [-0.3, -0.25) is 9.59 Å². The molecule has 3 aromatic rings. The molecule has 7 nitrogen and oxygen atoms in total. The predicted octanol–water partition coefficient (Wildman–Crippen LogP) is 4.22. The molecular weight excluding hydrogens is 410 g/mol. The Hall–Kier alpha value is -3.13. The van der Waals surface area contributed by atoms with Crippen LogP contribution in [0, 0.1) is 13.8 Å². The molecule has 2 amide bonds. The number of nitrogens with zero attached hydrogens (tertiary/aromatic N) is 3. The molecule has 3 rings (SSSR count). The first kappa shape index (κ1) is 22.6. The summed E-state index contributed by atoms with van der Waals surface area (Å²) in [6, 6.07) is 15.2. The van der Waals surface area contributed by atoms with Crippen LogP contribution in [0.4, 0.5) is 11.4 Å². The van der Waals surface area contributed by atoms with E-state index in [-0.39, 0.29) is 17.6 Å². The number of rotatable bonds is 9. The molecule has 31 heavy (non-hydrogen) atoms. The maximum absolute atomic E-state index is 12.3. The normalized spacial score (nSPS) is 10.7. The van der Waals surface area contributed by atoms with E-state index < -0.39 is 0 Å². The van der Waals surface area contributed by atoms with Crippen molar-refractivity contribution in [3.8, 4) is 0 Å². The van der Waals surface area contributed by atoms with Crippen LogP contribution in [0.15, 0.2) is 53.7 Å². The Morgan fingerprint density at radius 1 is 0.935 bits per heavy atom. The third-order valence-corrected chi connectivity index (χ3v) is 5.83. The van der Waals surface area contributed by atoms with Crippen molar-refractivity contribution in [1.29, 1.82) is 0 Å². The lowest BCUT2D eigenvalue weighted by atomic mass is 10.1. The third-order valence-electron chi connectivity index (χ3n) is 4.87. The van der Waals surface area contributed by atoms with Gasteiger partial charge in [-0.15, -0.1) is 10.2 Å². The van der Waals surface area contributed by atoms with Gasteiger partial charge in [0.25, 0.3) is 0 Å². The van der Waals surface area contributed by atoms with Gasteiger partial charge in [0.05, 0.1) is 5.75 Å². The molecule has 162 valence electrons. The monoisotopic (exact) mass is 437 g/mol. The molecular formula is C23H27N5O2S. The summed E-state index contributed by atoms with van der Waals surface area (Å²) in [6.45, 7) is 6.72. The number of carbonyl (C=O) groups is 2. The highest BCUT2D eigenvalue weighted by molar-refractivity contribution is 7.99. The highest BCUT2D eigenvalue weighted by atomic mass is 32.2. The molecule has 1 aromatic heterocycles. The number of nitrogens with one attached hydrogen (secondary N) is 2. The second kappa shape index (κ2) is 10.8. The smallest absolute Gasteiger partial charge is 0.234 e. The first-order valence-electron chi connectivity index (χ1n) is 10.2. The molecule has 0 aliphatic carbocycles. The summed E-state index contributed by atoms with van der Waals surface area (Å²) in [4.78, 5) is 24.5. The van der Waals surface area contributed by atoms with Crippen molar-refractivity contribution in [3.63, 3.8) is 0 Å². The molecule has 0 saturated carbocycles. The lowest BCUT2D eigenvalue weighted by Crippen LogP contribution is -2.15. The summed E-state index contributed by atoms with van der Waals surface area (Å²) in [6.07, 6.45) is 0.792. The number of amides is 2. The Morgan fingerprint density at radius 2 is 1.68 bits per heavy atom. The maximum Gasteiger partial charge on any atom is 0.234 e. The molecule has 0 bridgehead atoms. The SMILES string of the molecule is CCn1c(CCC(=O)Nc2ccccc2)nnc1SCC(=O)Nc1ccc(C)c(C)c1. The zero-order valence-corrected chi connectivity index (χ0v) is 18.8. The lowest BCUT2D eigenvalue weighted by Gasteiger charge is -2.09. The van der Waals surface area contributed by atoms with Gasteiger partial charge >= 0.3 is 0 Å². The zero-order chi connectivity index (χ0) is 22.2. The van der Waals surface area contributed by atoms with Crippen LogP contribution in [0.2, 0.25) is 0 Å². The Morgan fingerprint density at radius 3 is 2.39 bits per heavy atom. The number of carbonyl (C=O) groups excluding carboxylic acids is 2. The molecule has 0 saturated heterocycles. The van der Waals surface area contributed by atoms with E-state index in [9.17, 15) is 9.59 Å². The average molecular weight is 438 g/mol. The van der Waals surface area contributed by atoms with Crippen LogP contribution in [0.25, 0.3) is 0 Å². The number of thioether (sulfide) groups is 1. The summed E-state index contributed by atoms with van der Waals surface area (Å²) in [5.74, 6) is 0.809. The molecule has 2 aromatic carbocycles. The van der Waals surface area contributed by atoms with Gasteiger partial charge in [-0.25, -0.2) is 0 Å². The van der Waals surface area contributed by atoms with Gasteiger partial charge in [0.15, 0.2) is 5.16 Å². The minimum absolute atomic E-state index is 0.0705. The third kappa shape index (κ3) is 6.42. The summed E-state index contributed by atoms with van der Waals surface area (Å²) >= 11 is 1.34. The van der Waals surface area contributed by atoms with E-state index in [1.165, 1.54) is 17.3 Å². The molecule has 2 N–H and O–H groups in total. The summed E-state index contributed by atoms with van der Waals surface area (Å²) in [5, 5.41) is 14.9. The van der Waals surface area contributed by atoms with Crippen LogP contribution in [-0.2, 0) is 22.6 Å². The van der Waals surface area contributed by atoms with Crippen molar-refractivity contribution in [3.05, 3.63) is 65.5 Å². The van der Waals surface area contributed by atoms with Crippen molar-refractivity contribution in [2.75, 3.05) is 16.4 Å². The van der Waals surface area contributed by atoms with E-state index in [0.717, 1.165) is 22.8 Å². The Labute approximate surface area is 186 Å². The van der Waals surface area contributed by atoms with Crippen molar-refractivity contribution in [1.82, 2.24) is 14.8 Å². The Balaban J connectivity index is 1.52. The topological polar surface area (TPSA) is 88.9 Å². The van der Waals surface area contributed by atoms with Gasteiger partial charge in [-0.2, -0.15) is 0 Å². The Bertz CT molecular complexity index is 1050. The number of para-hydroxylation sites is 1. The highest BCUT2D eigenvalue weighted by Crippen LogP contribution is 2.19. The molecule has 0 fully saturated rings. The summed E-state index contributed by atoms with van der Waals surface area (Å²) in [7, 11) is 0. The number of anilines is 2. The Kier molecular flexibility index (Phi) is 7.83. The van der Waals surface area contributed by atoms with Gasteiger partial charge in [0, 0.05) is 30.8 Å². The largest absolute Gasteiger partial charge is 0.326 e. The number of aryl methyl sites for hydroxylation is 3. The second-order valence-corrected chi connectivity index (χ2v) is 8.14. The highest BCUT2D eigenvalue weighted by Gasteiger charge is 2.15. The number of hydrogen-bond donors (Lipinski definition) is 2. The average Bonchev–Trinajstić information content (AvgIpc) is 3.16. The van der Waals surface area contributed by atoms with Crippen LogP contribution < -0.4 is 10.6 Å². The predicted molar refractivity (Wildman–Crippen MR) is 124 cm³/mol. The van der Waals surface area contributed by atoms with Crippen molar-refractivity contribution in [2.24, 2.45) is 0 Å². The zero-order valence-electron chi connectivity index (χ0n) is 18.0. The van der Waals surface area contributed by atoms with Crippen molar-refractivity contribution >= 4 is 35.0 Å². The van der Waals surface area contributed by atoms with E-state index in [4.69, 9.17) is 0 Å². The van der Waals surface area contributed by atoms with Crippen LogP contribution in [0.5, 0.6) is 0 Å². The second-order valence-electron chi connectivity index (χ2n) is 7.19. The molecule has 0 spiro atoms. The van der Waals surface area contributed by atoms with Gasteiger partial charge in [0.2, 0.25) is 11.8 Å². The van der Waals surface area contributed by atoms with Crippen LogP contribution in [0.3, 0.4) is 0 Å². The van der Waals surface area contributed by atoms with Crippen molar-refractivity contribution in [2.45, 2.75) is 45.3 Å². The first-order chi connectivity index (χ1) is 15.0. The van der Waals surface area contributed by atoms with Gasteiger partial charge in [-0.1, -0.05) is 36.0 Å². The molecule has 0 unspecified atom stereocenters. The number of hydrogen-bond acceptors (Lipinski definition) is 5. The standard InChI is InChI=1S/C23H27N5O2S/c1-4-28-20(12-13-21(29)24-18-8-6-5-7-9-18)26-27-23(28)31-15-22(30)25-19-11-10-16(2)17(3)14-19/h5-11,14H,4,12-13,15H2,1-3H3,(H,24,29)(H,25,30). The van der Waals surface area contributed by atoms with Gasteiger partial charge in [0.1, 0.15) is 5.82 Å². The fourth-order valence-electron chi connectivity index (χ4n) is 3.05. The molecule has 0 aliphatic heterocycles. The number of aromatic nitrogens is 3. The molecule has 0 atom stereocenters. The molecule has 0 aliphatic rings. The van der Waals surface area contributed by atoms with Gasteiger partial charge < -0.3 is 15.2 Å². The van der Waals surface area contributed by atoms with Crippen LogP contribution >= 0.6 is 11.8 Å². The minimum atomic E-state index is -0.0947. The van der Waals surface area contributed by atoms with E-state index >= 15 is 0 Å². The molecule has 8 heteroatoms. The minimum Gasteiger partial charge on any atom is -0.326 e. The van der Waals surface area contributed by atoms with E-state index in [1.807, 2.05) is 73.9 Å². The van der Waals surface area contributed by atoms with Crippen LogP contribution in [0.1, 0.15) is 30.3 Å². The number of benzene rings is 2. The summed E-state index contributed by atoms with van der Waals surface area (Å²) in [5.41, 5.74) is 3.89. The van der Waals surface area contributed by atoms with Gasteiger partial charge in [-0.05, 0) is 56.2 Å². The van der Waals surface area contributed by atoms with E-state index in [1.54, 1.807) is 0 Å².